The summed E-state index contributed by atoms with van der Waals surface area (Å²) in [4.78, 5) is 11.0. The number of carboxylic acids is 1. The topological polar surface area (TPSA) is 48.9 Å². The molecule has 0 amide bonds. The van der Waals surface area contributed by atoms with Crippen molar-refractivity contribution >= 4 is 5.97 Å². The first-order valence-corrected chi connectivity index (χ1v) is 6.33. The van der Waals surface area contributed by atoms with Gasteiger partial charge in [-0.15, -0.1) is 0 Å². The van der Waals surface area contributed by atoms with Crippen molar-refractivity contribution in [3.05, 3.63) is 17.7 Å². The number of aryl methyl sites for hydroxylation is 1. The molecule has 0 saturated carbocycles. The van der Waals surface area contributed by atoms with Crippen molar-refractivity contribution in [2.24, 2.45) is 0 Å². The van der Waals surface area contributed by atoms with E-state index in [1.54, 1.807) is 6.92 Å². The number of imidazole rings is 1. The normalized spacial score (nSPS) is 12.7. The van der Waals surface area contributed by atoms with Crippen LogP contribution in [0.3, 0.4) is 0 Å². The molecular formula is C13H22N2O2. The fraction of sp³-hybridized carbons (Fsp3) is 0.692. The van der Waals surface area contributed by atoms with Gasteiger partial charge in [0, 0.05) is 13.3 Å². The van der Waals surface area contributed by atoms with Gasteiger partial charge >= 0.3 is 0 Å². The Morgan fingerprint density at radius 1 is 1.47 bits per heavy atom. The molecular weight excluding hydrogens is 216 g/mol. The maximum Gasteiger partial charge on any atom is 0.257 e. The number of carbonyl (C=O) groups excluding carboxylic acids is 1. The van der Waals surface area contributed by atoms with Gasteiger partial charge in [0.05, 0.1) is 12.5 Å². The van der Waals surface area contributed by atoms with Crippen molar-refractivity contribution < 1.29 is 14.5 Å². The molecule has 0 fully saturated rings. The Labute approximate surface area is 103 Å². The van der Waals surface area contributed by atoms with E-state index in [9.17, 15) is 9.90 Å². The highest BCUT2D eigenvalue weighted by molar-refractivity contribution is 5.66. The van der Waals surface area contributed by atoms with Crippen LogP contribution in [0, 0.1) is 6.92 Å². The largest absolute Gasteiger partial charge is 0.546 e. The number of carbonyl (C=O) groups is 1. The Hall–Kier alpha value is -1.32. The summed E-state index contributed by atoms with van der Waals surface area (Å²) in [6.45, 7) is 8.86. The lowest BCUT2D eigenvalue weighted by Gasteiger charge is -2.11. The quantitative estimate of drug-likeness (QED) is 0.687. The predicted molar refractivity (Wildman–Crippen MR) is 63.4 cm³/mol. The highest BCUT2D eigenvalue weighted by atomic mass is 16.4. The van der Waals surface area contributed by atoms with Gasteiger partial charge in [-0.25, -0.2) is 9.13 Å². The molecule has 0 N–H and O–H groups in total. The van der Waals surface area contributed by atoms with Gasteiger partial charge in [0.2, 0.25) is 0 Å². The van der Waals surface area contributed by atoms with Crippen LogP contribution >= 0.6 is 0 Å². The maximum atomic E-state index is 11.0. The van der Waals surface area contributed by atoms with E-state index >= 15 is 0 Å². The zero-order valence-electron chi connectivity index (χ0n) is 11.2. The second-order valence-electron chi connectivity index (χ2n) is 4.49. The molecule has 1 unspecified atom stereocenters. The van der Waals surface area contributed by atoms with Gasteiger partial charge in [-0.1, -0.05) is 13.8 Å². The van der Waals surface area contributed by atoms with Crippen LogP contribution in [0.2, 0.25) is 0 Å². The molecule has 17 heavy (non-hydrogen) atoms. The minimum Gasteiger partial charge on any atom is -0.546 e. The summed E-state index contributed by atoms with van der Waals surface area (Å²) in [5.74, 6) is 0.0598. The zero-order valence-corrected chi connectivity index (χ0v) is 11.2. The molecule has 0 aliphatic heterocycles. The van der Waals surface area contributed by atoms with E-state index in [4.69, 9.17) is 0 Å². The lowest BCUT2D eigenvalue weighted by atomic mass is 10.2. The van der Waals surface area contributed by atoms with Crippen molar-refractivity contribution in [1.29, 1.82) is 0 Å². The highest BCUT2D eigenvalue weighted by Crippen LogP contribution is 2.09. The number of aromatic nitrogens is 2. The van der Waals surface area contributed by atoms with E-state index in [0.29, 0.717) is 0 Å². The minimum atomic E-state index is -1.03. The molecule has 1 aromatic heterocycles. The molecule has 0 spiro atoms. The van der Waals surface area contributed by atoms with Gasteiger partial charge in [0.15, 0.2) is 0 Å². The maximum absolute atomic E-state index is 11.0. The van der Waals surface area contributed by atoms with Crippen molar-refractivity contribution in [2.45, 2.75) is 59.5 Å². The monoisotopic (exact) mass is 238 g/mol. The van der Waals surface area contributed by atoms with Crippen LogP contribution in [0.1, 0.15) is 51.2 Å². The van der Waals surface area contributed by atoms with E-state index in [-0.39, 0.29) is 0 Å². The zero-order chi connectivity index (χ0) is 13.0. The fourth-order valence-corrected chi connectivity index (χ4v) is 2.15. The molecule has 1 atom stereocenters. The molecule has 0 aromatic carbocycles. The number of rotatable bonds is 6. The van der Waals surface area contributed by atoms with Crippen LogP contribution in [0.5, 0.6) is 0 Å². The summed E-state index contributed by atoms with van der Waals surface area (Å²) in [5, 5.41) is 11.0. The number of hydrogen-bond acceptors (Lipinski definition) is 2. The lowest BCUT2D eigenvalue weighted by molar-refractivity contribution is -0.719. The summed E-state index contributed by atoms with van der Waals surface area (Å²) in [5.41, 5.74) is 1.11. The van der Waals surface area contributed by atoms with Gasteiger partial charge in [-0.3, -0.25) is 0 Å². The molecule has 4 nitrogen and oxygen atoms in total. The average Bonchev–Trinajstić information content (AvgIpc) is 2.57. The third-order valence-corrected chi connectivity index (χ3v) is 3.04. The van der Waals surface area contributed by atoms with Gasteiger partial charge in [0.1, 0.15) is 17.9 Å². The SMILES string of the molecule is CCCc1n(CCC)c(C)c[n+]1C(C)C(=O)[O-]. The first-order valence-electron chi connectivity index (χ1n) is 6.33. The second kappa shape index (κ2) is 5.84. The molecule has 0 radical (unpaired) electrons. The molecule has 0 aliphatic carbocycles. The van der Waals surface area contributed by atoms with Crippen molar-refractivity contribution in [3.63, 3.8) is 0 Å². The van der Waals surface area contributed by atoms with Crippen LogP contribution in [-0.2, 0) is 17.8 Å². The Morgan fingerprint density at radius 3 is 2.59 bits per heavy atom. The van der Waals surface area contributed by atoms with E-state index in [1.165, 1.54) is 0 Å². The Kier molecular flexibility index (Phi) is 4.73. The fourth-order valence-electron chi connectivity index (χ4n) is 2.15. The number of carboxylic acid groups (broad SMARTS) is 1. The Morgan fingerprint density at radius 2 is 2.12 bits per heavy atom. The summed E-state index contributed by atoms with van der Waals surface area (Å²) in [6.07, 6.45) is 4.87. The third-order valence-electron chi connectivity index (χ3n) is 3.04. The number of hydrogen-bond donors (Lipinski definition) is 0. The predicted octanol–water partition coefficient (Wildman–Crippen LogP) is 0.757. The number of aliphatic carboxylic acids is 1. The van der Waals surface area contributed by atoms with E-state index < -0.39 is 12.0 Å². The standard InChI is InChI=1S/C13H22N2O2/c1-5-7-12-14(8-6-2)10(3)9-15(12)11(4)13(16)17/h9,11H,5-8H2,1-4H3. The first kappa shape index (κ1) is 13.7. The van der Waals surface area contributed by atoms with Crippen LogP contribution in [-0.4, -0.2) is 10.5 Å². The second-order valence-corrected chi connectivity index (χ2v) is 4.49. The van der Waals surface area contributed by atoms with Gasteiger partial charge in [0.25, 0.3) is 5.82 Å². The summed E-state index contributed by atoms with van der Waals surface area (Å²) in [6, 6.07) is -0.603. The molecule has 0 saturated heterocycles. The number of nitrogens with zero attached hydrogens (tertiary/aromatic N) is 2. The van der Waals surface area contributed by atoms with E-state index in [0.717, 1.165) is 37.3 Å². The smallest absolute Gasteiger partial charge is 0.257 e. The molecule has 1 rings (SSSR count). The van der Waals surface area contributed by atoms with Crippen LogP contribution < -0.4 is 9.67 Å². The Balaban J connectivity index is 3.20. The van der Waals surface area contributed by atoms with Gasteiger partial charge in [-0.2, -0.15) is 0 Å². The average molecular weight is 238 g/mol. The van der Waals surface area contributed by atoms with E-state index in [2.05, 4.69) is 18.4 Å². The first-order chi connectivity index (χ1) is 8.02. The van der Waals surface area contributed by atoms with Crippen molar-refractivity contribution in [3.8, 4) is 0 Å². The van der Waals surface area contributed by atoms with Gasteiger partial charge in [-0.05, 0) is 19.8 Å². The molecule has 1 aromatic rings. The Bertz CT molecular complexity index is 396. The highest BCUT2D eigenvalue weighted by Gasteiger charge is 2.23. The molecule has 4 heteroatoms. The third kappa shape index (κ3) is 2.87. The molecule has 0 aliphatic rings. The lowest BCUT2D eigenvalue weighted by Crippen LogP contribution is -2.49. The van der Waals surface area contributed by atoms with E-state index in [1.807, 2.05) is 17.7 Å². The van der Waals surface area contributed by atoms with Crippen LogP contribution in [0.25, 0.3) is 0 Å². The molecule has 1 heterocycles. The van der Waals surface area contributed by atoms with Crippen LogP contribution in [0.15, 0.2) is 6.20 Å². The molecule has 0 bridgehead atoms. The minimum absolute atomic E-state index is 0.603. The van der Waals surface area contributed by atoms with Gasteiger partial charge < -0.3 is 9.90 Å². The summed E-state index contributed by atoms with van der Waals surface area (Å²) < 4.78 is 4.05. The van der Waals surface area contributed by atoms with Crippen molar-refractivity contribution in [1.82, 2.24) is 4.57 Å². The molecule has 96 valence electrons. The van der Waals surface area contributed by atoms with Crippen LogP contribution in [0.4, 0.5) is 0 Å². The summed E-state index contributed by atoms with van der Waals surface area (Å²) >= 11 is 0. The van der Waals surface area contributed by atoms with Crippen molar-refractivity contribution in [2.75, 3.05) is 0 Å². The summed E-state index contributed by atoms with van der Waals surface area (Å²) in [7, 11) is 0.